The lowest BCUT2D eigenvalue weighted by Gasteiger charge is -2.25. The van der Waals surface area contributed by atoms with Crippen molar-refractivity contribution < 1.29 is 8.83 Å². The summed E-state index contributed by atoms with van der Waals surface area (Å²) < 4.78 is 18.2. The predicted octanol–water partition coefficient (Wildman–Crippen LogP) is 17.1. The second-order valence-corrected chi connectivity index (χ2v) is 18.1. The smallest absolute Gasteiger partial charge is 0.145 e. The van der Waals surface area contributed by atoms with Gasteiger partial charge in [-0.3, -0.25) is 0 Å². The first-order valence-electron chi connectivity index (χ1n) is 23.4. The summed E-state index contributed by atoms with van der Waals surface area (Å²) in [5.74, 6) is 0. The standard InChI is InChI=1S/C64H34N4O2/c65-35-47-55(39-17-3-1-4-18-39)61(67-49-31-27-37-15-7-9-21-41(37)57(49)59-51(67)33-29-45-43-23-11-13-25-53(43)69-63(45)59)48(36-66)56(40-19-5-2-6-20-40)62(47)68-50-32-28-38-16-8-10-22-42(38)58(50)60-52(68)34-30-46-44-24-12-14-26-54(44)70-64(46)60/h1-34H. The second kappa shape index (κ2) is 14.3. The van der Waals surface area contributed by atoms with Crippen LogP contribution in [0.25, 0.3) is 143 Å². The van der Waals surface area contributed by atoms with Crippen LogP contribution in [0.3, 0.4) is 0 Å². The minimum Gasteiger partial charge on any atom is -0.455 e. The number of aromatic nitrogens is 2. The van der Waals surface area contributed by atoms with E-state index in [0.717, 1.165) is 120 Å². The zero-order valence-corrected chi connectivity index (χ0v) is 37.2. The molecule has 6 heteroatoms. The summed E-state index contributed by atoms with van der Waals surface area (Å²) in [7, 11) is 0. The Morgan fingerprint density at radius 2 is 0.671 bits per heavy atom. The van der Waals surface area contributed by atoms with Crippen molar-refractivity contribution in [1.82, 2.24) is 9.13 Å². The van der Waals surface area contributed by atoms with Gasteiger partial charge in [0, 0.05) is 43.4 Å². The molecule has 70 heavy (non-hydrogen) atoms. The van der Waals surface area contributed by atoms with E-state index in [0.29, 0.717) is 33.6 Å². The molecule has 0 spiro atoms. The zero-order valence-electron chi connectivity index (χ0n) is 37.2. The number of nitriles is 2. The zero-order chi connectivity index (χ0) is 46.2. The first-order valence-corrected chi connectivity index (χ1v) is 23.4. The summed E-state index contributed by atoms with van der Waals surface area (Å²) in [4.78, 5) is 0. The first-order chi connectivity index (χ1) is 34.7. The lowest BCUT2D eigenvalue weighted by Crippen LogP contribution is -2.11. The van der Waals surface area contributed by atoms with Crippen LogP contribution in [-0.2, 0) is 0 Å². The average Bonchev–Trinajstić information content (AvgIpc) is 4.19. The SMILES string of the molecule is N#Cc1c(-c2ccccc2)c(-n2c3ccc4ccccc4c3c3c4oc5ccccc5c4ccc32)c(C#N)c(-c2ccccc2)c1-n1c2ccc3ccccc3c2c2c3oc4ccccc4c3ccc21. The number of fused-ring (bicyclic) bond motifs is 18. The Bertz CT molecular complexity index is 4530. The number of para-hydroxylation sites is 2. The Morgan fingerprint density at radius 1 is 0.314 bits per heavy atom. The molecule has 11 aromatic carbocycles. The van der Waals surface area contributed by atoms with Gasteiger partial charge < -0.3 is 18.0 Å². The van der Waals surface area contributed by atoms with Gasteiger partial charge >= 0.3 is 0 Å². The molecule has 0 saturated carbocycles. The molecule has 0 aliphatic heterocycles. The van der Waals surface area contributed by atoms with Crippen molar-refractivity contribution >= 4 is 109 Å². The van der Waals surface area contributed by atoms with Gasteiger partial charge in [0.05, 0.1) is 55.3 Å². The van der Waals surface area contributed by atoms with Crippen molar-refractivity contribution in [2.75, 3.05) is 0 Å². The van der Waals surface area contributed by atoms with E-state index < -0.39 is 0 Å². The van der Waals surface area contributed by atoms with Crippen LogP contribution in [-0.4, -0.2) is 9.13 Å². The fraction of sp³-hybridized carbons (Fsp3) is 0. The monoisotopic (exact) mass is 890 g/mol. The summed E-state index contributed by atoms with van der Waals surface area (Å²) in [5, 5.41) is 36.7. The fourth-order valence-electron chi connectivity index (χ4n) is 11.7. The van der Waals surface area contributed by atoms with Crippen molar-refractivity contribution in [3.05, 3.63) is 217 Å². The van der Waals surface area contributed by atoms with E-state index in [-0.39, 0.29) is 0 Å². The van der Waals surface area contributed by atoms with Crippen LogP contribution in [0.15, 0.2) is 215 Å². The number of furan rings is 2. The average molecular weight is 891 g/mol. The van der Waals surface area contributed by atoms with Gasteiger partial charge in [0.2, 0.25) is 0 Å². The summed E-state index contributed by atoms with van der Waals surface area (Å²) >= 11 is 0. The Labute approximate surface area is 398 Å². The number of nitrogens with zero attached hydrogens (tertiary/aromatic N) is 4. The minimum atomic E-state index is 0.427. The van der Waals surface area contributed by atoms with Gasteiger partial charge in [0.1, 0.15) is 34.5 Å². The molecule has 4 aromatic heterocycles. The third-order valence-corrected chi connectivity index (χ3v) is 14.6. The Hall–Kier alpha value is -9.88. The molecule has 0 N–H and O–H groups in total. The van der Waals surface area contributed by atoms with Crippen LogP contribution >= 0.6 is 0 Å². The molecular weight excluding hydrogens is 857 g/mol. The van der Waals surface area contributed by atoms with E-state index in [1.54, 1.807) is 0 Å². The van der Waals surface area contributed by atoms with Gasteiger partial charge in [-0.25, -0.2) is 0 Å². The number of hydrogen-bond donors (Lipinski definition) is 0. The van der Waals surface area contributed by atoms with Crippen LogP contribution in [0.5, 0.6) is 0 Å². The van der Waals surface area contributed by atoms with Crippen molar-refractivity contribution in [3.8, 4) is 45.8 Å². The van der Waals surface area contributed by atoms with Crippen molar-refractivity contribution in [3.63, 3.8) is 0 Å². The minimum absolute atomic E-state index is 0.427. The third-order valence-electron chi connectivity index (χ3n) is 14.6. The normalized spacial score (nSPS) is 12.0. The quantitative estimate of drug-likeness (QED) is 0.176. The van der Waals surface area contributed by atoms with Crippen LogP contribution in [0.2, 0.25) is 0 Å². The van der Waals surface area contributed by atoms with Crippen molar-refractivity contribution in [2.24, 2.45) is 0 Å². The third kappa shape index (κ3) is 5.03. The van der Waals surface area contributed by atoms with E-state index in [1.165, 1.54) is 0 Å². The van der Waals surface area contributed by atoms with E-state index in [4.69, 9.17) is 8.83 Å². The lowest BCUT2D eigenvalue weighted by molar-refractivity contribution is 0.672. The molecule has 322 valence electrons. The predicted molar refractivity (Wildman–Crippen MR) is 285 cm³/mol. The second-order valence-electron chi connectivity index (χ2n) is 18.1. The Kier molecular flexibility index (Phi) is 7.82. The van der Waals surface area contributed by atoms with Gasteiger partial charge in [0.15, 0.2) is 0 Å². The highest BCUT2D eigenvalue weighted by Crippen LogP contribution is 2.52. The molecule has 6 nitrogen and oxygen atoms in total. The van der Waals surface area contributed by atoms with Gasteiger partial charge in [-0.05, 0) is 81.2 Å². The van der Waals surface area contributed by atoms with E-state index in [1.807, 2.05) is 97.1 Å². The largest absolute Gasteiger partial charge is 0.455 e. The van der Waals surface area contributed by atoms with Crippen molar-refractivity contribution in [1.29, 1.82) is 10.5 Å². The van der Waals surface area contributed by atoms with E-state index in [2.05, 4.69) is 130 Å². The number of hydrogen-bond acceptors (Lipinski definition) is 4. The molecule has 0 amide bonds. The molecule has 0 aliphatic rings. The molecule has 0 bridgehead atoms. The molecule has 0 saturated heterocycles. The molecule has 0 atom stereocenters. The van der Waals surface area contributed by atoms with Crippen LogP contribution in [0.4, 0.5) is 0 Å². The highest BCUT2D eigenvalue weighted by molar-refractivity contribution is 6.32. The molecular formula is C64H34N4O2. The summed E-state index contributed by atoms with van der Waals surface area (Å²) in [6.45, 7) is 0. The lowest BCUT2D eigenvalue weighted by atomic mass is 9.86. The maximum Gasteiger partial charge on any atom is 0.145 e. The number of rotatable bonds is 4. The first kappa shape index (κ1) is 38.2. The molecule has 15 rings (SSSR count). The summed E-state index contributed by atoms with van der Waals surface area (Å²) in [6.07, 6.45) is 0. The van der Waals surface area contributed by atoms with Crippen molar-refractivity contribution in [2.45, 2.75) is 0 Å². The molecule has 0 aliphatic carbocycles. The molecule has 0 radical (unpaired) electrons. The van der Waals surface area contributed by atoms with Crippen LogP contribution < -0.4 is 0 Å². The molecule has 0 unspecified atom stereocenters. The highest BCUT2D eigenvalue weighted by Gasteiger charge is 2.33. The van der Waals surface area contributed by atoms with Gasteiger partial charge in [-0.1, -0.05) is 158 Å². The van der Waals surface area contributed by atoms with Crippen LogP contribution in [0.1, 0.15) is 11.1 Å². The van der Waals surface area contributed by atoms with E-state index in [9.17, 15) is 10.5 Å². The van der Waals surface area contributed by atoms with Gasteiger partial charge in [0.25, 0.3) is 0 Å². The van der Waals surface area contributed by atoms with Gasteiger partial charge in [-0.15, -0.1) is 0 Å². The molecule has 4 heterocycles. The summed E-state index contributed by atoms with van der Waals surface area (Å²) in [6, 6.07) is 76.2. The molecule has 0 fully saturated rings. The number of benzene rings is 11. The summed E-state index contributed by atoms with van der Waals surface area (Å²) in [5.41, 5.74) is 11.6. The maximum atomic E-state index is 12.2. The Morgan fingerprint density at radius 3 is 1.10 bits per heavy atom. The van der Waals surface area contributed by atoms with Crippen LogP contribution in [0, 0.1) is 22.7 Å². The fourth-order valence-corrected chi connectivity index (χ4v) is 11.7. The van der Waals surface area contributed by atoms with Gasteiger partial charge in [-0.2, -0.15) is 10.5 Å². The maximum absolute atomic E-state index is 12.2. The highest BCUT2D eigenvalue weighted by atomic mass is 16.3. The Balaban J connectivity index is 1.20. The topological polar surface area (TPSA) is 83.7 Å². The van der Waals surface area contributed by atoms with E-state index >= 15 is 0 Å². The molecule has 15 aromatic rings.